The zero-order chi connectivity index (χ0) is 13.4. The van der Waals surface area contributed by atoms with Crippen LogP contribution >= 0.6 is 0 Å². The summed E-state index contributed by atoms with van der Waals surface area (Å²) < 4.78 is 9.04. The van der Waals surface area contributed by atoms with E-state index in [4.69, 9.17) is 4.74 Å². The van der Waals surface area contributed by atoms with Gasteiger partial charge in [0.05, 0.1) is 7.11 Å². The summed E-state index contributed by atoms with van der Waals surface area (Å²) in [5.74, 6) is -2.63. The monoisotopic (exact) mass is 248 g/mol. The third-order valence-corrected chi connectivity index (χ3v) is 1.99. The maximum Gasteiger partial charge on any atom is 0.379 e. The molecule has 94 valence electrons. The van der Waals surface area contributed by atoms with Crippen LogP contribution in [0.3, 0.4) is 0 Å². The molecule has 5 nitrogen and oxygen atoms in total. The number of benzene rings is 1. The average molecular weight is 248 g/mol. The Morgan fingerprint density at radius 1 is 1.11 bits per heavy atom. The van der Waals surface area contributed by atoms with E-state index < -0.39 is 17.7 Å². The normalized spacial score (nSPS) is 10.1. The molecule has 1 rings (SSSR count). The Balaban J connectivity index is 2.44. The van der Waals surface area contributed by atoms with Gasteiger partial charge < -0.3 is 9.47 Å². The summed E-state index contributed by atoms with van der Waals surface area (Å²) in [5, 5.41) is 0. The van der Waals surface area contributed by atoms with Crippen LogP contribution in [0.15, 0.2) is 42.5 Å². The number of esters is 2. The summed E-state index contributed by atoms with van der Waals surface area (Å²) in [6, 6.07) is 8.95. The fourth-order valence-corrected chi connectivity index (χ4v) is 1.07. The van der Waals surface area contributed by atoms with Gasteiger partial charge in [-0.15, -0.1) is 0 Å². The van der Waals surface area contributed by atoms with Crippen LogP contribution in [0, 0.1) is 0 Å². The molecule has 5 heteroatoms. The fraction of sp³-hybridized carbons (Fsp3) is 0.154. The molecule has 0 aliphatic rings. The van der Waals surface area contributed by atoms with Gasteiger partial charge in [0.2, 0.25) is 0 Å². The minimum Gasteiger partial charge on any atom is -0.466 e. The topological polar surface area (TPSA) is 69.7 Å². The lowest BCUT2D eigenvalue weighted by atomic mass is 10.2. The van der Waals surface area contributed by atoms with E-state index in [1.54, 1.807) is 24.3 Å². The summed E-state index contributed by atoms with van der Waals surface area (Å²) >= 11 is 0. The maximum absolute atomic E-state index is 11.2. The van der Waals surface area contributed by atoms with Crippen molar-refractivity contribution in [2.24, 2.45) is 0 Å². The van der Waals surface area contributed by atoms with Crippen molar-refractivity contribution < 1.29 is 23.9 Å². The van der Waals surface area contributed by atoms with E-state index in [1.807, 2.05) is 6.07 Å². The first-order chi connectivity index (χ1) is 8.63. The Morgan fingerprint density at radius 2 is 1.78 bits per heavy atom. The van der Waals surface area contributed by atoms with Gasteiger partial charge in [-0.05, 0) is 5.56 Å². The van der Waals surface area contributed by atoms with Crippen LogP contribution in [0.4, 0.5) is 0 Å². The molecular weight excluding hydrogens is 236 g/mol. The molecule has 0 spiro atoms. The lowest BCUT2D eigenvalue weighted by molar-refractivity contribution is -0.152. The first-order valence-corrected chi connectivity index (χ1v) is 5.14. The molecular formula is C13H12O5. The van der Waals surface area contributed by atoms with Crippen molar-refractivity contribution in [1.82, 2.24) is 0 Å². The first-order valence-electron chi connectivity index (χ1n) is 5.14. The lowest BCUT2D eigenvalue weighted by Crippen LogP contribution is -2.15. The molecule has 0 bridgehead atoms. The largest absolute Gasteiger partial charge is 0.466 e. The molecule has 18 heavy (non-hydrogen) atoms. The highest BCUT2D eigenvalue weighted by Gasteiger charge is 2.12. The minimum atomic E-state index is -1.01. The number of hydrogen-bond donors (Lipinski definition) is 0. The number of methoxy groups -OCH3 is 1. The Bertz CT molecular complexity index is 462. The van der Waals surface area contributed by atoms with Gasteiger partial charge in [-0.25, -0.2) is 9.59 Å². The van der Waals surface area contributed by atoms with Crippen molar-refractivity contribution >= 4 is 17.7 Å². The molecule has 0 N–H and O–H groups in total. The molecule has 0 atom stereocenters. The highest BCUT2D eigenvalue weighted by molar-refractivity contribution is 6.38. The molecule has 1 aromatic rings. The summed E-state index contributed by atoms with van der Waals surface area (Å²) in [7, 11) is 1.17. The van der Waals surface area contributed by atoms with Crippen molar-refractivity contribution in [3.8, 4) is 0 Å². The number of rotatable bonds is 5. The van der Waals surface area contributed by atoms with Gasteiger partial charge >= 0.3 is 11.9 Å². The van der Waals surface area contributed by atoms with Crippen LogP contribution < -0.4 is 0 Å². The molecule has 0 fully saturated rings. The first kappa shape index (κ1) is 13.6. The zero-order valence-corrected chi connectivity index (χ0v) is 9.79. The van der Waals surface area contributed by atoms with Crippen LogP contribution in [0.5, 0.6) is 0 Å². The fourth-order valence-electron chi connectivity index (χ4n) is 1.07. The van der Waals surface area contributed by atoms with E-state index in [9.17, 15) is 14.4 Å². The van der Waals surface area contributed by atoms with Crippen LogP contribution in [0.2, 0.25) is 0 Å². The molecule has 1 aromatic carbocycles. The molecule has 0 aromatic heterocycles. The van der Waals surface area contributed by atoms with Gasteiger partial charge in [-0.3, -0.25) is 4.79 Å². The Hall–Kier alpha value is -2.43. The second kappa shape index (κ2) is 7.01. The molecule has 0 aliphatic heterocycles. The highest BCUT2D eigenvalue weighted by Crippen LogP contribution is 2.01. The Morgan fingerprint density at radius 3 is 2.39 bits per heavy atom. The predicted molar refractivity (Wildman–Crippen MR) is 62.4 cm³/mol. The van der Waals surface area contributed by atoms with Crippen LogP contribution in [-0.2, 0) is 30.5 Å². The highest BCUT2D eigenvalue weighted by atomic mass is 16.5. The molecule has 0 radical (unpaired) electrons. The van der Waals surface area contributed by atoms with E-state index in [2.05, 4.69) is 4.74 Å². The zero-order valence-electron chi connectivity index (χ0n) is 9.79. The lowest BCUT2D eigenvalue weighted by Gasteiger charge is -2.01. The van der Waals surface area contributed by atoms with Crippen LogP contribution in [-0.4, -0.2) is 24.8 Å². The summed E-state index contributed by atoms with van der Waals surface area (Å²) in [5.41, 5.74) is 0.774. The van der Waals surface area contributed by atoms with Gasteiger partial charge in [0.15, 0.2) is 0 Å². The molecule has 0 unspecified atom stereocenters. The van der Waals surface area contributed by atoms with E-state index in [1.165, 1.54) is 7.11 Å². The van der Waals surface area contributed by atoms with Crippen LogP contribution in [0.1, 0.15) is 5.56 Å². The van der Waals surface area contributed by atoms with E-state index in [-0.39, 0.29) is 6.61 Å². The summed E-state index contributed by atoms with van der Waals surface area (Å²) in [6.07, 6.45) is 1.69. The molecule has 0 amide bonds. The van der Waals surface area contributed by atoms with Crippen molar-refractivity contribution in [3.05, 3.63) is 48.0 Å². The molecule has 0 aliphatic carbocycles. The number of carbonyl (C=O) groups excluding carboxylic acids is 3. The van der Waals surface area contributed by atoms with E-state index >= 15 is 0 Å². The predicted octanol–water partition coefficient (Wildman–Crippen LogP) is 1.03. The van der Waals surface area contributed by atoms with Crippen molar-refractivity contribution in [1.29, 1.82) is 0 Å². The molecule has 0 saturated carbocycles. The third-order valence-electron chi connectivity index (χ3n) is 1.99. The molecule has 0 saturated heterocycles. The number of ketones is 1. The van der Waals surface area contributed by atoms with Gasteiger partial charge in [0, 0.05) is 12.2 Å². The van der Waals surface area contributed by atoms with Crippen LogP contribution in [0.25, 0.3) is 0 Å². The number of hydrogen-bond acceptors (Lipinski definition) is 5. The van der Waals surface area contributed by atoms with Crippen molar-refractivity contribution in [2.75, 3.05) is 7.11 Å². The quantitative estimate of drug-likeness (QED) is 0.442. The second-order valence-corrected chi connectivity index (χ2v) is 3.28. The minimum absolute atomic E-state index is 0.0114. The van der Waals surface area contributed by atoms with Gasteiger partial charge in [0.25, 0.3) is 5.78 Å². The maximum atomic E-state index is 11.2. The van der Waals surface area contributed by atoms with Gasteiger partial charge in [0.1, 0.15) is 6.61 Å². The number of ether oxygens (including phenoxy) is 2. The van der Waals surface area contributed by atoms with Gasteiger partial charge in [-0.1, -0.05) is 30.3 Å². The molecule has 0 heterocycles. The van der Waals surface area contributed by atoms with Crippen molar-refractivity contribution in [2.45, 2.75) is 6.61 Å². The SMILES string of the molecule is COC(=O)/C=C/C(=O)C(=O)OCc1ccccc1. The average Bonchev–Trinajstić information content (AvgIpc) is 2.42. The Kier molecular flexibility index (Phi) is 5.31. The summed E-state index contributed by atoms with van der Waals surface area (Å²) in [6.45, 7) is 0.0114. The second-order valence-electron chi connectivity index (χ2n) is 3.28. The Labute approximate surface area is 104 Å². The van der Waals surface area contributed by atoms with Gasteiger partial charge in [-0.2, -0.15) is 0 Å². The smallest absolute Gasteiger partial charge is 0.379 e. The van der Waals surface area contributed by atoms with E-state index in [0.29, 0.717) is 0 Å². The standard InChI is InChI=1S/C13H12O5/c1-17-12(15)8-7-11(14)13(16)18-9-10-5-3-2-4-6-10/h2-8H,9H2,1H3/b8-7+. The summed E-state index contributed by atoms with van der Waals surface area (Å²) in [4.78, 5) is 33.2. The van der Waals surface area contributed by atoms with Crippen molar-refractivity contribution in [3.63, 3.8) is 0 Å². The number of carbonyl (C=O) groups is 3. The third kappa shape index (κ3) is 4.61. The van der Waals surface area contributed by atoms with E-state index in [0.717, 1.165) is 17.7 Å².